The lowest BCUT2D eigenvalue weighted by Gasteiger charge is -2.02. The van der Waals surface area contributed by atoms with Crippen LogP contribution in [0.4, 0.5) is 0 Å². The number of carboxylic acids is 1. The minimum atomic E-state index is -0.813. The summed E-state index contributed by atoms with van der Waals surface area (Å²) in [6, 6.07) is 18.1. The van der Waals surface area contributed by atoms with Gasteiger partial charge in [0.05, 0.1) is 23.0 Å². The fraction of sp³-hybridized carbons (Fsp3) is 0.136. The van der Waals surface area contributed by atoms with Gasteiger partial charge in [-0.1, -0.05) is 42.5 Å². The zero-order chi connectivity index (χ0) is 19.3. The molecule has 2 heterocycles. The molecule has 0 saturated heterocycles. The van der Waals surface area contributed by atoms with Crippen molar-refractivity contribution in [2.24, 2.45) is 0 Å². The summed E-state index contributed by atoms with van der Waals surface area (Å²) >= 11 is 1.59. The Hall–Kier alpha value is -3.25. The zero-order valence-corrected chi connectivity index (χ0v) is 16.0. The van der Waals surface area contributed by atoms with E-state index in [9.17, 15) is 4.79 Å². The summed E-state index contributed by atoms with van der Waals surface area (Å²) in [4.78, 5) is 15.8. The molecule has 0 spiro atoms. The average Bonchev–Trinajstić information content (AvgIpc) is 3.32. The SMILES string of the molecule is O=C(O)CC/C(=C/c1cnn(Cc2ccccc2)c1)c1nc2ccccc2s1. The van der Waals surface area contributed by atoms with Crippen LogP contribution < -0.4 is 0 Å². The molecule has 0 unspecified atom stereocenters. The van der Waals surface area contributed by atoms with E-state index < -0.39 is 5.97 Å². The molecule has 0 saturated carbocycles. The number of carboxylic acid groups (broad SMARTS) is 1. The zero-order valence-electron chi connectivity index (χ0n) is 15.2. The number of aliphatic carboxylic acids is 1. The number of aromatic nitrogens is 3. The number of thiazole rings is 1. The first-order valence-corrected chi connectivity index (χ1v) is 9.84. The molecule has 0 aliphatic rings. The first-order valence-electron chi connectivity index (χ1n) is 9.02. The Labute approximate surface area is 166 Å². The van der Waals surface area contributed by atoms with Crippen molar-refractivity contribution < 1.29 is 9.90 Å². The number of para-hydroxylation sites is 1. The van der Waals surface area contributed by atoms with Crippen molar-refractivity contribution in [2.45, 2.75) is 19.4 Å². The maximum Gasteiger partial charge on any atom is 0.303 e. The van der Waals surface area contributed by atoms with Crippen molar-refractivity contribution in [2.75, 3.05) is 0 Å². The first-order chi connectivity index (χ1) is 13.7. The average molecular weight is 389 g/mol. The molecule has 6 heteroatoms. The minimum absolute atomic E-state index is 0.0694. The summed E-state index contributed by atoms with van der Waals surface area (Å²) in [5, 5.41) is 14.4. The van der Waals surface area contributed by atoms with Crippen LogP contribution in [-0.4, -0.2) is 25.8 Å². The van der Waals surface area contributed by atoms with E-state index >= 15 is 0 Å². The van der Waals surface area contributed by atoms with Gasteiger partial charge in [-0.2, -0.15) is 5.10 Å². The van der Waals surface area contributed by atoms with E-state index in [1.807, 2.05) is 59.4 Å². The number of allylic oxidation sites excluding steroid dienone is 1. The van der Waals surface area contributed by atoms with Crippen LogP contribution in [0.25, 0.3) is 21.9 Å². The molecule has 28 heavy (non-hydrogen) atoms. The highest BCUT2D eigenvalue weighted by Crippen LogP contribution is 2.30. The van der Waals surface area contributed by atoms with Crippen LogP contribution in [0.2, 0.25) is 0 Å². The lowest BCUT2D eigenvalue weighted by molar-refractivity contribution is -0.136. The number of nitrogens with zero attached hydrogens (tertiary/aromatic N) is 3. The van der Waals surface area contributed by atoms with Crippen molar-refractivity contribution in [1.29, 1.82) is 0 Å². The summed E-state index contributed by atoms with van der Waals surface area (Å²) < 4.78 is 2.98. The van der Waals surface area contributed by atoms with Crippen molar-refractivity contribution in [3.05, 3.63) is 83.1 Å². The maximum absolute atomic E-state index is 11.1. The standard InChI is InChI=1S/C22H19N3O2S/c26-21(27)11-10-18(22-24-19-8-4-5-9-20(19)28-22)12-17-13-23-25(15-17)14-16-6-2-1-3-7-16/h1-9,12-13,15H,10-11,14H2,(H,26,27)/b18-12-. The van der Waals surface area contributed by atoms with Crippen LogP contribution >= 0.6 is 11.3 Å². The molecule has 4 aromatic rings. The van der Waals surface area contributed by atoms with Crippen LogP contribution in [-0.2, 0) is 11.3 Å². The predicted octanol–water partition coefficient (Wildman–Crippen LogP) is 4.95. The van der Waals surface area contributed by atoms with Gasteiger partial charge in [-0.05, 0) is 35.8 Å². The van der Waals surface area contributed by atoms with Gasteiger partial charge in [-0.25, -0.2) is 4.98 Å². The summed E-state index contributed by atoms with van der Waals surface area (Å²) in [6.07, 6.45) is 6.27. The molecule has 0 amide bonds. The van der Waals surface area contributed by atoms with E-state index in [1.165, 1.54) is 5.56 Å². The third kappa shape index (κ3) is 4.35. The predicted molar refractivity (Wildman–Crippen MR) is 112 cm³/mol. The lowest BCUT2D eigenvalue weighted by Crippen LogP contribution is -1.99. The monoisotopic (exact) mass is 389 g/mol. The van der Waals surface area contributed by atoms with Crippen molar-refractivity contribution in [1.82, 2.24) is 14.8 Å². The normalized spacial score (nSPS) is 11.8. The van der Waals surface area contributed by atoms with Crippen LogP contribution in [0.15, 0.2) is 67.0 Å². The fourth-order valence-electron chi connectivity index (χ4n) is 3.00. The first kappa shape index (κ1) is 18.1. The van der Waals surface area contributed by atoms with Gasteiger partial charge in [0.25, 0.3) is 0 Å². The Bertz CT molecular complexity index is 1100. The number of rotatable bonds is 7. The van der Waals surface area contributed by atoms with Gasteiger partial charge in [0.15, 0.2) is 0 Å². The third-order valence-electron chi connectivity index (χ3n) is 4.36. The summed E-state index contributed by atoms with van der Waals surface area (Å²) in [7, 11) is 0. The third-order valence-corrected chi connectivity index (χ3v) is 5.47. The number of hydrogen-bond acceptors (Lipinski definition) is 4. The second-order valence-corrected chi connectivity index (χ2v) is 7.54. The van der Waals surface area contributed by atoms with Gasteiger partial charge in [0, 0.05) is 18.2 Å². The molecule has 0 radical (unpaired) electrons. The molecular formula is C22H19N3O2S. The summed E-state index contributed by atoms with van der Waals surface area (Å²) in [5.74, 6) is -0.813. The van der Waals surface area contributed by atoms with Crippen molar-refractivity contribution in [3.63, 3.8) is 0 Å². The van der Waals surface area contributed by atoms with E-state index in [2.05, 4.69) is 17.2 Å². The van der Waals surface area contributed by atoms with E-state index in [4.69, 9.17) is 10.1 Å². The Morgan fingerprint density at radius 1 is 1.07 bits per heavy atom. The molecule has 5 nitrogen and oxygen atoms in total. The second-order valence-electron chi connectivity index (χ2n) is 6.51. The quantitative estimate of drug-likeness (QED) is 0.486. The molecule has 140 valence electrons. The minimum Gasteiger partial charge on any atom is -0.481 e. The van der Waals surface area contributed by atoms with Crippen molar-refractivity contribution >= 4 is 39.2 Å². The molecule has 0 atom stereocenters. The Morgan fingerprint density at radius 3 is 2.64 bits per heavy atom. The highest BCUT2D eigenvalue weighted by atomic mass is 32.1. The Kier molecular flexibility index (Phi) is 5.30. The summed E-state index contributed by atoms with van der Waals surface area (Å²) in [6.45, 7) is 0.695. The number of hydrogen-bond donors (Lipinski definition) is 1. The van der Waals surface area contributed by atoms with Gasteiger partial charge in [-0.15, -0.1) is 11.3 Å². The fourth-order valence-corrected chi connectivity index (χ4v) is 4.01. The topological polar surface area (TPSA) is 68.0 Å². The van der Waals surface area contributed by atoms with E-state index in [0.717, 1.165) is 26.4 Å². The van der Waals surface area contributed by atoms with Gasteiger partial charge in [0.1, 0.15) is 5.01 Å². The second kappa shape index (κ2) is 8.19. The smallest absolute Gasteiger partial charge is 0.303 e. The van der Waals surface area contributed by atoms with Gasteiger partial charge >= 0.3 is 5.97 Å². The number of carbonyl (C=O) groups is 1. The van der Waals surface area contributed by atoms with Crippen molar-refractivity contribution in [3.8, 4) is 0 Å². The highest BCUT2D eigenvalue weighted by molar-refractivity contribution is 7.19. The van der Waals surface area contributed by atoms with Gasteiger partial charge in [0.2, 0.25) is 0 Å². The van der Waals surface area contributed by atoms with Gasteiger partial charge in [-0.3, -0.25) is 9.48 Å². The molecule has 0 fully saturated rings. The molecule has 1 N–H and O–H groups in total. The number of benzene rings is 2. The van der Waals surface area contributed by atoms with Crippen LogP contribution in [0.5, 0.6) is 0 Å². The maximum atomic E-state index is 11.1. The Morgan fingerprint density at radius 2 is 1.86 bits per heavy atom. The van der Waals surface area contributed by atoms with Gasteiger partial charge < -0.3 is 5.11 Å². The molecule has 2 aromatic carbocycles. The van der Waals surface area contributed by atoms with E-state index in [1.54, 1.807) is 17.5 Å². The number of fused-ring (bicyclic) bond motifs is 1. The van der Waals surface area contributed by atoms with Crippen LogP contribution in [0.1, 0.15) is 29.0 Å². The van der Waals surface area contributed by atoms with Crippen LogP contribution in [0, 0.1) is 0 Å². The van der Waals surface area contributed by atoms with E-state index in [0.29, 0.717) is 13.0 Å². The largest absolute Gasteiger partial charge is 0.481 e. The lowest BCUT2D eigenvalue weighted by atomic mass is 10.1. The Balaban J connectivity index is 1.62. The molecule has 2 aromatic heterocycles. The molecule has 0 aliphatic heterocycles. The van der Waals surface area contributed by atoms with Crippen LogP contribution in [0.3, 0.4) is 0 Å². The molecular weight excluding hydrogens is 370 g/mol. The van der Waals surface area contributed by atoms with E-state index in [-0.39, 0.29) is 6.42 Å². The molecule has 4 rings (SSSR count). The molecule has 0 bridgehead atoms. The molecule has 0 aliphatic carbocycles. The highest BCUT2D eigenvalue weighted by Gasteiger charge is 2.11. The summed E-state index contributed by atoms with van der Waals surface area (Å²) in [5.41, 5.74) is 3.97.